The van der Waals surface area contributed by atoms with Crippen molar-refractivity contribution in [3.05, 3.63) is 59.1 Å². The third-order valence-electron chi connectivity index (χ3n) is 7.93. The van der Waals surface area contributed by atoms with Crippen molar-refractivity contribution in [3.63, 3.8) is 0 Å². The van der Waals surface area contributed by atoms with Gasteiger partial charge in [0.25, 0.3) is 0 Å². The molecule has 0 radical (unpaired) electrons. The van der Waals surface area contributed by atoms with E-state index in [9.17, 15) is 0 Å². The number of ether oxygens (including phenoxy) is 1. The van der Waals surface area contributed by atoms with Crippen molar-refractivity contribution in [2.45, 2.75) is 50.7 Å². The van der Waals surface area contributed by atoms with Crippen LogP contribution in [-0.2, 0) is 5.41 Å². The molecule has 0 aliphatic carbocycles. The molecule has 3 heterocycles. The summed E-state index contributed by atoms with van der Waals surface area (Å²) < 4.78 is 7.01. The predicted molar refractivity (Wildman–Crippen MR) is 139 cm³/mol. The molecule has 0 bridgehead atoms. The fraction of sp³-hybridized carbons (Fsp3) is 0.393. The second kappa shape index (κ2) is 7.39. The third kappa shape index (κ3) is 2.93. The lowest BCUT2D eigenvalue weighted by Crippen LogP contribution is -2.61. The van der Waals surface area contributed by atoms with Crippen LogP contribution in [0.3, 0.4) is 0 Å². The molecule has 33 heavy (non-hydrogen) atoms. The van der Waals surface area contributed by atoms with Crippen LogP contribution in [0.15, 0.2) is 53.5 Å². The predicted octanol–water partition coefficient (Wildman–Crippen LogP) is 7.09. The van der Waals surface area contributed by atoms with E-state index >= 15 is 0 Å². The first kappa shape index (κ1) is 20.9. The van der Waals surface area contributed by atoms with E-state index in [2.05, 4.69) is 73.2 Å². The fourth-order valence-corrected chi connectivity index (χ4v) is 6.15. The highest BCUT2D eigenvalue weighted by Gasteiger charge is 2.58. The molecule has 4 nitrogen and oxygen atoms in total. The van der Waals surface area contributed by atoms with E-state index < -0.39 is 5.72 Å². The van der Waals surface area contributed by atoms with Crippen molar-refractivity contribution in [3.8, 4) is 5.75 Å². The molecule has 170 valence electrons. The number of hydrogen-bond donors (Lipinski definition) is 0. The lowest BCUT2D eigenvalue weighted by atomic mass is 9.77. The van der Waals surface area contributed by atoms with E-state index in [4.69, 9.17) is 21.3 Å². The molecular formula is C28H30ClN3O. The molecule has 3 aliphatic rings. The number of nitrogens with zero attached hydrogens (tertiary/aromatic N) is 3. The van der Waals surface area contributed by atoms with Gasteiger partial charge >= 0.3 is 0 Å². The highest BCUT2D eigenvalue weighted by atomic mass is 35.5. The summed E-state index contributed by atoms with van der Waals surface area (Å²) in [4.78, 5) is 9.83. The molecule has 1 saturated heterocycles. The molecule has 1 spiro atoms. The van der Waals surface area contributed by atoms with Gasteiger partial charge in [0.2, 0.25) is 5.72 Å². The smallest absolute Gasteiger partial charge is 0.228 e. The van der Waals surface area contributed by atoms with Crippen LogP contribution in [0.2, 0.25) is 5.02 Å². The monoisotopic (exact) mass is 459 g/mol. The van der Waals surface area contributed by atoms with Crippen LogP contribution in [0.25, 0.3) is 10.8 Å². The van der Waals surface area contributed by atoms with Crippen LogP contribution in [0, 0.1) is 0 Å². The van der Waals surface area contributed by atoms with Crippen LogP contribution >= 0.6 is 11.6 Å². The molecule has 3 aromatic rings. The number of benzene rings is 3. The minimum absolute atomic E-state index is 0.336. The van der Waals surface area contributed by atoms with Gasteiger partial charge in [-0.1, -0.05) is 48.7 Å². The van der Waals surface area contributed by atoms with Gasteiger partial charge in [-0.3, -0.25) is 4.99 Å². The van der Waals surface area contributed by atoms with E-state index in [1.165, 1.54) is 42.3 Å². The Morgan fingerprint density at radius 1 is 0.909 bits per heavy atom. The van der Waals surface area contributed by atoms with Gasteiger partial charge in [-0.15, -0.1) is 0 Å². The molecule has 5 heteroatoms. The van der Waals surface area contributed by atoms with Gasteiger partial charge in [0.15, 0.2) is 5.75 Å². The molecule has 1 atom stereocenters. The summed E-state index contributed by atoms with van der Waals surface area (Å²) in [7, 11) is 2.09. The van der Waals surface area contributed by atoms with Gasteiger partial charge < -0.3 is 14.5 Å². The Hall–Kier alpha value is -2.72. The number of anilines is 2. The van der Waals surface area contributed by atoms with Gasteiger partial charge in [0, 0.05) is 53.4 Å². The largest absolute Gasteiger partial charge is 0.459 e. The number of aliphatic imine (C=N–C) groups is 1. The first-order valence-electron chi connectivity index (χ1n) is 12.0. The lowest BCUT2D eigenvalue weighted by Gasteiger charge is -2.45. The van der Waals surface area contributed by atoms with Crippen LogP contribution in [0.1, 0.15) is 45.1 Å². The Morgan fingerprint density at radius 3 is 2.39 bits per heavy atom. The zero-order chi connectivity index (χ0) is 22.8. The number of rotatable bonds is 1. The quantitative estimate of drug-likeness (QED) is 0.388. The molecule has 1 fully saturated rings. The maximum absolute atomic E-state index is 7.01. The Morgan fingerprint density at radius 2 is 1.64 bits per heavy atom. The molecule has 3 aromatic carbocycles. The second-order valence-corrected chi connectivity index (χ2v) is 10.5. The van der Waals surface area contributed by atoms with Crippen molar-refractivity contribution in [2.24, 2.45) is 4.99 Å². The average Bonchev–Trinajstić information content (AvgIpc) is 3.04. The molecule has 0 N–H and O–H groups in total. The van der Waals surface area contributed by atoms with Gasteiger partial charge in [-0.2, -0.15) is 0 Å². The summed E-state index contributed by atoms with van der Waals surface area (Å²) in [5.41, 5.74) is 3.45. The third-order valence-corrected chi connectivity index (χ3v) is 8.16. The summed E-state index contributed by atoms with van der Waals surface area (Å²) in [6.45, 7) is 6.62. The Labute approximate surface area is 200 Å². The van der Waals surface area contributed by atoms with Gasteiger partial charge in [-0.25, -0.2) is 0 Å². The van der Waals surface area contributed by atoms with Gasteiger partial charge in [0.1, 0.15) is 5.69 Å². The topological polar surface area (TPSA) is 28.1 Å². The van der Waals surface area contributed by atoms with Crippen LogP contribution < -0.4 is 14.5 Å². The summed E-state index contributed by atoms with van der Waals surface area (Å²) >= 11 is 6.39. The molecule has 0 aromatic heterocycles. The van der Waals surface area contributed by atoms with Crippen LogP contribution in [-0.4, -0.2) is 32.1 Å². The molecule has 6 rings (SSSR count). The van der Waals surface area contributed by atoms with Crippen molar-refractivity contribution in [2.75, 3.05) is 29.9 Å². The summed E-state index contributed by atoms with van der Waals surface area (Å²) in [6, 6.07) is 17.0. The maximum atomic E-state index is 7.01. The van der Waals surface area contributed by atoms with Gasteiger partial charge in [-0.05, 0) is 50.5 Å². The zero-order valence-corrected chi connectivity index (χ0v) is 20.3. The maximum Gasteiger partial charge on any atom is 0.228 e. The van der Waals surface area contributed by atoms with Crippen molar-refractivity contribution >= 4 is 45.7 Å². The minimum Gasteiger partial charge on any atom is -0.459 e. The number of halogens is 1. The van der Waals surface area contributed by atoms with E-state index in [0.717, 1.165) is 40.6 Å². The minimum atomic E-state index is -0.717. The van der Waals surface area contributed by atoms with Crippen molar-refractivity contribution in [1.82, 2.24) is 0 Å². The SMILES string of the molecule is CN1c2ccc(Cl)cc2C(C)(C)C12C=Nc1c(cc(N3CCCCCC3)c3ccccc13)O2. The second-order valence-electron chi connectivity index (χ2n) is 10.1. The van der Waals surface area contributed by atoms with Crippen molar-refractivity contribution < 1.29 is 4.74 Å². The standard InChI is InChI=1S/C28H30ClN3O/c1-27(2)22-16-19(29)12-13-23(22)31(3)28(27)18-30-26-21-11-7-6-10-20(21)24(17-25(26)33-28)32-14-8-4-5-9-15-32/h6-7,10-13,16-18H,4-5,8-9,14-15H2,1-3H3. The highest BCUT2D eigenvalue weighted by Crippen LogP contribution is 2.55. The van der Waals surface area contributed by atoms with E-state index in [0.29, 0.717) is 0 Å². The van der Waals surface area contributed by atoms with Crippen LogP contribution in [0.5, 0.6) is 5.75 Å². The molecule has 0 saturated carbocycles. The van der Waals surface area contributed by atoms with Crippen LogP contribution in [0.4, 0.5) is 17.1 Å². The summed E-state index contributed by atoms with van der Waals surface area (Å²) in [5, 5.41) is 3.15. The average molecular weight is 460 g/mol. The van der Waals surface area contributed by atoms with E-state index in [1.807, 2.05) is 12.3 Å². The fourth-order valence-electron chi connectivity index (χ4n) is 5.98. The first-order valence-corrected chi connectivity index (χ1v) is 12.4. The Kier molecular flexibility index (Phi) is 4.67. The molecule has 3 aliphatic heterocycles. The van der Waals surface area contributed by atoms with Crippen molar-refractivity contribution in [1.29, 1.82) is 0 Å². The van der Waals surface area contributed by atoms with E-state index in [1.54, 1.807) is 0 Å². The summed E-state index contributed by atoms with van der Waals surface area (Å²) in [5.74, 6) is 0.856. The Bertz CT molecular complexity index is 1280. The van der Waals surface area contributed by atoms with Gasteiger partial charge in [0.05, 0.1) is 11.6 Å². The summed E-state index contributed by atoms with van der Waals surface area (Å²) in [6.07, 6.45) is 7.09. The first-order chi connectivity index (χ1) is 15.9. The molecule has 1 unspecified atom stereocenters. The normalized spacial score (nSPS) is 23.4. The zero-order valence-electron chi connectivity index (χ0n) is 19.6. The number of fused-ring (bicyclic) bond motifs is 4. The number of hydrogen-bond acceptors (Lipinski definition) is 4. The Balaban J connectivity index is 1.52. The molecular weight excluding hydrogens is 430 g/mol. The highest BCUT2D eigenvalue weighted by molar-refractivity contribution is 6.30. The van der Waals surface area contributed by atoms with E-state index in [-0.39, 0.29) is 5.41 Å². The molecule has 0 amide bonds. The lowest BCUT2D eigenvalue weighted by molar-refractivity contribution is 0.0827. The number of likely N-dealkylation sites (N-methyl/N-ethyl adjacent to an activating group) is 1.